The van der Waals surface area contributed by atoms with Gasteiger partial charge in [-0.15, -0.1) is 0 Å². The summed E-state index contributed by atoms with van der Waals surface area (Å²) in [6.45, 7) is 1.64. The van der Waals surface area contributed by atoms with E-state index in [1.807, 2.05) is 0 Å². The molecule has 12 heteroatoms. The SMILES string of the molecule is CS(=O)(=O)c1cc(F)c(N[C@@]2(C(=N)N)C(=O)N(C3CCNCC3)CCC2O)cc1F. The molecule has 6 N–H and O–H groups in total. The summed E-state index contributed by atoms with van der Waals surface area (Å²) in [5.41, 5.74) is 2.93. The molecule has 166 valence electrons. The second kappa shape index (κ2) is 8.08. The number of benzene rings is 1. The second-order valence-electron chi connectivity index (χ2n) is 7.67. The van der Waals surface area contributed by atoms with Gasteiger partial charge >= 0.3 is 0 Å². The highest BCUT2D eigenvalue weighted by molar-refractivity contribution is 7.90. The number of amides is 1. The largest absolute Gasteiger partial charge is 0.390 e. The first-order valence-electron chi connectivity index (χ1n) is 9.50. The molecule has 2 saturated heterocycles. The van der Waals surface area contributed by atoms with Gasteiger partial charge in [0.05, 0.1) is 11.8 Å². The molecule has 2 aliphatic rings. The molecule has 0 bridgehead atoms. The van der Waals surface area contributed by atoms with E-state index in [2.05, 4.69) is 10.6 Å². The number of nitrogens with two attached hydrogens (primary N) is 1. The number of sulfone groups is 1. The number of carbonyl (C=O) groups excluding carboxylic acids is 1. The third kappa shape index (κ3) is 3.86. The van der Waals surface area contributed by atoms with Crippen molar-refractivity contribution in [3.8, 4) is 0 Å². The van der Waals surface area contributed by atoms with Gasteiger partial charge in [0, 0.05) is 24.9 Å². The number of likely N-dealkylation sites (tertiary alicyclic amines) is 1. The third-order valence-electron chi connectivity index (χ3n) is 5.67. The lowest BCUT2D eigenvalue weighted by Crippen LogP contribution is -2.72. The first-order valence-corrected chi connectivity index (χ1v) is 11.4. The second-order valence-corrected chi connectivity index (χ2v) is 9.65. The number of aliphatic hydroxyl groups excluding tert-OH is 1. The van der Waals surface area contributed by atoms with Crippen LogP contribution in [0.4, 0.5) is 14.5 Å². The van der Waals surface area contributed by atoms with E-state index >= 15 is 0 Å². The number of anilines is 1. The van der Waals surface area contributed by atoms with Crippen molar-refractivity contribution in [2.75, 3.05) is 31.2 Å². The normalized spacial score (nSPS) is 25.9. The number of aliphatic hydroxyl groups is 1. The maximum absolute atomic E-state index is 14.6. The van der Waals surface area contributed by atoms with Gasteiger partial charge in [-0.3, -0.25) is 10.2 Å². The molecule has 0 spiro atoms. The Balaban J connectivity index is 2.02. The summed E-state index contributed by atoms with van der Waals surface area (Å²) >= 11 is 0. The number of hydrogen-bond donors (Lipinski definition) is 5. The van der Waals surface area contributed by atoms with E-state index in [9.17, 15) is 27.1 Å². The van der Waals surface area contributed by atoms with Crippen LogP contribution >= 0.6 is 0 Å². The number of rotatable bonds is 5. The Kier molecular flexibility index (Phi) is 6.03. The quantitative estimate of drug-likeness (QED) is 0.311. The van der Waals surface area contributed by atoms with Crippen molar-refractivity contribution < 1.29 is 27.1 Å². The molecule has 1 aromatic carbocycles. The molecule has 1 unspecified atom stereocenters. The molecule has 2 atom stereocenters. The lowest BCUT2D eigenvalue weighted by Gasteiger charge is -2.48. The zero-order valence-electron chi connectivity index (χ0n) is 16.4. The highest BCUT2D eigenvalue weighted by Crippen LogP contribution is 2.33. The number of nitrogens with zero attached hydrogens (tertiary/aromatic N) is 1. The minimum absolute atomic E-state index is 0.0772. The first kappa shape index (κ1) is 22.4. The molecule has 2 aliphatic heterocycles. The fourth-order valence-electron chi connectivity index (χ4n) is 4.03. The van der Waals surface area contributed by atoms with Crippen LogP contribution in [0.2, 0.25) is 0 Å². The van der Waals surface area contributed by atoms with Crippen LogP contribution in [-0.4, -0.2) is 73.7 Å². The van der Waals surface area contributed by atoms with E-state index in [0.717, 1.165) is 6.26 Å². The van der Waals surface area contributed by atoms with E-state index in [4.69, 9.17) is 11.1 Å². The van der Waals surface area contributed by atoms with E-state index in [0.29, 0.717) is 38.1 Å². The standard InChI is InChI=1S/C18H25F2N5O4S/c1-30(28,29)14-9-11(19)13(8-12(14)20)24-18(16(21)22)15(26)4-7-25(17(18)27)10-2-5-23-6-3-10/h8-10,15,23-24,26H,2-7H2,1H3,(H3,21,22)/t15?,18-/m0/s1. The van der Waals surface area contributed by atoms with Crippen LogP contribution < -0.4 is 16.4 Å². The van der Waals surface area contributed by atoms with Crippen molar-refractivity contribution >= 4 is 27.3 Å². The van der Waals surface area contributed by atoms with Crippen LogP contribution in [0, 0.1) is 17.0 Å². The lowest BCUT2D eigenvalue weighted by atomic mass is 9.82. The minimum atomic E-state index is -4.02. The number of amidine groups is 1. The highest BCUT2D eigenvalue weighted by Gasteiger charge is 2.55. The lowest BCUT2D eigenvalue weighted by molar-refractivity contribution is -0.145. The maximum atomic E-state index is 14.6. The molecule has 0 aromatic heterocycles. The fraction of sp³-hybridized carbons (Fsp3) is 0.556. The molecule has 2 fully saturated rings. The number of carbonyl (C=O) groups is 1. The van der Waals surface area contributed by atoms with E-state index in [1.165, 1.54) is 4.90 Å². The predicted molar refractivity (Wildman–Crippen MR) is 106 cm³/mol. The zero-order chi connectivity index (χ0) is 22.3. The monoisotopic (exact) mass is 445 g/mol. The van der Waals surface area contributed by atoms with Gasteiger partial charge in [-0.2, -0.15) is 0 Å². The first-order chi connectivity index (χ1) is 14.0. The molecule has 30 heavy (non-hydrogen) atoms. The van der Waals surface area contributed by atoms with Crippen LogP contribution in [-0.2, 0) is 14.6 Å². The zero-order valence-corrected chi connectivity index (χ0v) is 17.2. The van der Waals surface area contributed by atoms with Gasteiger partial charge in [0.2, 0.25) is 5.54 Å². The molecule has 1 aromatic rings. The summed E-state index contributed by atoms with van der Waals surface area (Å²) in [6, 6.07) is 0.936. The van der Waals surface area contributed by atoms with E-state index in [-0.39, 0.29) is 19.0 Å². The summed E-state index contributed by atoms with van der Waals surface area (Å²) in [6.07, 6.45) is 0.690. The van der Waals surface area contributed by atoms with E-state index in [1.54, 1.807) is 0 Å². The highest BCUT2D eigenvalue weighted by atomic mass is 32.2. The van der Waals surface area contributed by atoms with E-state index < -0.39 is 55.4 Å². The van der Waals surface area contributed by atoms with Gasteiger partial charge in [0.15, 0.2) is 9.84 Å². The van der Waals surface area contributed by atoms with Crippen LogP contribution in [0.5, 0.6) is 0 Å². The van der Waals surface area contributed by atoms with Crippen LogP contribution in [0.1, 0.15) is 19.3 Å². The number of halogens is 2. The average molecular weight is 445 g/mol. The Morgan fingerprint density at radius 3 is 2.50 bits per heavy atom. The van der Waals surface area contributed by atoms with Crippen molar-refractivity contribution in [1.82, 2.24) is 10.2 Å². The Morgan fingerprint density at radius 2 is 1.93 bits per heavy atom. The summed E-state index contributed by atoms with van der Waals surface area (Å²) in [7, 11) is -4.02. The molecular weight excluding hydrogens is 420 g/mol. The summed E-state index contributed by atoms with van der Waals surface area (Å²) in [4.78, 5) is 14.1. The van der Waals surface area contributed by atoms with Crippen LogP contribution in [0.25, 0.3) is 0 Å². The fourth-order valence-corrected chi connectivity index (χ4v) is 4.77. The molecular formula is C18H25F2N5O4S. The van der Waals surface area contributed by atoms with Crippen molar-refractivity contribution in [2.45, 2.75) is 41.8 Å². The van der Waals surface area contributed by atoms with Crippen molar-refractivity contribution in [1.29, 1.82) is 5.41 Å². The van der Waals surface area contributed by atoms with Gasteiger partial charge in [0.1, 0.15) is 22.4 Å². The molecule has 2 heterocycles. The maximum Gasteiger partial charge on any atom is 0.259 e. The van der Waals surface area contributed by atoms with Gasteiger partial charge in [-0.1, -0.05) is 0 Å². The Bertz CT molecular complexity index is 968. The van der Waals surface area contributed by atoms with Crippen molar-refractivity contribution in [2.24, 2.45) is 5.73 Å². The molecule has 3 rings (SSSR count). The number of piperidine rings is 2. The predicted octanol–water partition coefficient (Wildman–Crippen LogP) is -0.200. The minimum Gasteiger partial charge on any atom is -0.390 e. The average Bonchev–Trinajstić information content (AvgIpc) is 2.67. The molecule has 0 aliphatic carbocycles. The number of nitrogens with one attached hydrogen (secondary N) is 3. The Labute approximate surface area is 173 Å². The van der Waals surface area contributed by atoms with Crippen molar-refractivity contribution in [3.63, 3.8) is 0 Å². The Morgan fingerprint density at radius 1 is 1.30 bits per heavy atom. The topological polar surface area (TPSA) is 149 Å². The van der Waals surface area contributed by atoms with Gasteiger partial charge < -0.3 is 26.4 Å². The molecule has 1 amide bonds. The van der Waals surface area contributed by atoms with Gasteiger partial charge in [-0.25, -0.2) is 17.2 Å². The summed E-state index contributed by atoms with van der Waals surface area (Å²) < 4.78 is 52.2. The number of hydrogen-bond acceptors (Lipinski definition) is 7. The third-order valence-corrected chi connectivity index (χ3v) is 6.78. The summed E-state index contributed by atoms with van der Waals surface area (Å²) in [5, 5.41) is 24.2. The smallest absolute Gasteiger partial charge is 0.259 e. The molecule has 0 radical (unpaired) electrons. The van der Waals surface area contributed by atoms with Crippen LogP contribution in [0.3, 0.4) is 0 Å². The van der Waals surface area contributed by atoms with Crippen LogP contribution in [0.15, 0.2) is 17.0 Å². The Hall–Kier alpha value is -2.31. The summed E-state index contributed by atoms with van der Waals surface area (Å²) in [5.74, 6) is -3.83. The van der Waals surface area contributed by atoms with Gasteiger partial charge in [0.25, 0.3) is 5.91 Å². The van der Waals surface area contributed by atoms with Gasteiger partial charge in [-0.05, 0) is 38.4 Å². The van der Waals surface area contributed by atoms with Crippen molar-refractivity contribution in [3.05, 3.63) is 23.8 Å². The molecule has 9 nitrogen and oxygen atoms in total. The molecule has 0 saturated carbocycles.